The van der Waals surface area contributed by atoms with Gasteiger partial charge in [-0.05, 0) is 125 Å². The molecule has 9 aliphatic heterocycles. The number of fused-ring (bicyclic) bond motifs is 14. The summed E-state index contributed by atoms with van der Waals surface area (Å²) in [5, 5.41) is 190. The fraction of sp³-hybridized carbons (Fsp3) is 0.420. The first kappa shape index (κ1) is 96.0. The van der Waals surface area contributed by atoms with Crippen LogP contribution < -0.4 is 72.0 Å². The molecule has 44 heteroatoms. The first-order chi connectivity index (χ1) is 62.9. The molecule has 23 atom stereocenters. The van der Waals surface area contributed by atoms with E-state index in [1.54, 1.807) is 0 Å². The first-order valence-electron chi connectivity index (χ1n) is 42.0. The molecule has 0 aromatic heterocycles. The van der Waals surface area contributed by atoms with Crippen LogP contribution in [0.5, 0.6) is 69.0 Å². The Balaban J connectivity index is 1.04. The summed E-state index contributed by atoms with van der Waals surface area (Å²) >= 11 is 14.7. The average molecular weight is 1880 g/mol. The molecule has 3 fully saturated rings. The summed E-state index contributed by atoms with van der Waals surface area (Å²) in [4.78, 5) is 138. The van der Waals surface area contributed by atoms with Crippen molar-refractivity contribution in [3.05, 3.63) is 164 Å². The number of hydrogen-bond donors (Lipinski definition) is 24. The van der Waals surface area contributed by atoms with Crippen LogP contribution in [0.3, 0.4) is 0 Å². The number of nitrogens with one attached hydrogen (secondary N) is 8. The topological polar surface area (TPSA) is 662 Å². The summed E-state index contributed by atoms with van der Waals surface area (Å²) in [6.45, 7) is 1.97. The molecule has 9 aliphatic rings. The standard InChI is InChI=1S/C88H97Cl2N9O33/c1-33(2)8-6-4-5-7-9-60(108)94-68-74(113)71(110)58(31-101)129-87(68)132-78-55-25-40-26-56(78)126-52-17-13-38(23-47(52)90)77(131-86-67(92-34(3)103)73(112)70(109)57(30-100)128-86)69-84(121)98-66(85(122)123)45-28-42(105)29-54(127-88-76(115)75(114)72(111)59(32-102)130-88)61(45)44-22-37(12-14-49(44)106)63(81(118)99-69)96-83(120)65(40)97-82(119)64-39-20-41(104)27-43(21-39)124-53-24-36(11-15-50(53)107)62(91)80(117)93-48(79(116)95-64)19-35-10-16-51(125-55)46(89)18-35/h10-18,20-29,33,48,57-59,62-77,86-88,100-102,104-107,109-115H,4-9,19,30-32,91H2,1-3H3,(H,92,103)(H,93,117)(H,94,108)(H,95,116)(H,96,120)(H,97,119)(H,98,121)(H,99,118)(H,122,123)/t48-,57-,58+,59-,62-,63-,64+,65-,66+,67?,68+,69+,70-,71+,72-,73-,74+,75+,76+,77-,86+,87+,88+/m0/s1. The molecule has 8 amide bonds. The number of halogens is 2. The largest absolute Gasteiger partial charge is 0.508 e. The maximum absolute atomic E-state index is 17.0. The second-order valence-corrected chi connectivity index (χ2v) is 34.0. The van der Waals surface area contributed by atoms with Gasteiger partial charge in [0.15, 0.2) is 35.3 Å². The number of carboxylic acids is 1. The third-order valence-corrected chi connectivity index (χ3v) is 24.0. The van der Waals surface area contributed by atoms with Gasteiger partial charge in [-0.2, -0.15) is 0 Å². The van der Waals surface area contributed by atoms with Crippen LogP contribution in [0.25, 0.3) is 11.1 Å². The van der Waals surface area contributed by atoms with E-state index in [2.05, 4.69) is 56.4 Å². The smallest absolute Gasteiger partial charge is 0.330 e. The van der Waals surface area contributed by atoms with Gasteiger partial charge in [-0.15, -0.1) is 0 Å². The van der Waals surface area contributed by atoms with Crippen LogP contribution in [0.2, 0.25) is 10.0 Å². The number of carbonyl (C=O) groups excluding carboxylic acids is 8. The van der Waals surface area contributed by atoms with E-state index in [0.29, 0.717) is 18.8 Å². The van der Waals surface area contributed by atoms with Gasteiger partial charge in [0.1, 0.15) is 156 Å². The van der Waals surface area contributed by atoms with Crippen LogP contribution in [0.4, 0.5) is 0 Å². The van der Waals surface area contributed by atoms with E-state index < -0.39 is 316 Å². The number of benzene rings is 7. The summed E-state index contributed by atoms with van der Waals surface area (Å²) in [7, 11) is 0. The summed E-state index contributed by atoms with van der Waals surface area (Å²) in [6, 6.07) is 0.658. The normalized spacial score (nSPS) is 28.9. The molecule has 7 aromatic rings. The highest BCUT2D eigenvalue weighted by atomic mass is 35.5. The molecule has 0 spiro atoms. The number of aliphatic hydroxyl groups excluding tert-OH is 10. The van der Waals surface area contributed by atoms with E-state index >= 15 is 24.0 Å². The monoisotopic (exact) mass is 1880 g/mol. The van der Waals surface area contributed by atoms with Crippen molar-refractivity contribution in [1.29, 1.82) is 0 Å². The molecule has 42 nitrogen and oxygen atoms in total. The van der Waals surface area contributed by atoms with Crippen molar-refractivity contribution in [2.45, 2.75) is 206 Å². The Labute approximate surface area is 759 Å². The molecule has 17 bridgehead atoms. The van der Waals surface area contributed by atoms with Crippen LogP contribution >= 0.6 is 23.2 Å². The Hall–Kier alpha value is -12.0. The molecule has 16 rings (SSSR count). The van der Waals surface area contributed by atoms with Crippen molar-refractivity contribution in [3.8, 4) is 80.1 Å². The van der Waals surface area contributed by atoms with Crippen molar-refractivity contribution in [3.63, 3.8) is 0 Å². The van der Waals surface area contributed by atoms with E-state index in [0.717, 1.165) is 111 Å². The number of hydrogen-bond acceptors (Lipinski definition) is 33. The van der Waals surface area contributed by atoms with Gasteiger partial charge < -0.3 is 167 Å². The predicted molar refractivity (Wildman–Crippen MR) is 453 cm³/mol. The number of nitrogens with two attached hydrogens (primary N) is 1. The zero-order valence-corrected chi connectivity index (χ0v) is 71.8. The number of phenolic OH excluding ortho intramolecular Hbond substituents is 4. The quantitative estimate of drug-likeness (QED) is 0.0503. The second kappa shape index (κ2) is 40.6. The zero-order valence-electron chi connectivity index (χ0n) is 70.3. The molecule has 9 heterocycles. The molecule has 7 aromatic carbocycles. The van der Waals surface area contributed by atoms with Gasteiger partial charge >= 0.3 is 5.97 Å². The number of aromatic hydroxyl groups is 4. The molecule has 25 N–H and O–H groups in total. The lowest BCUT2D eigenvalue weighted by atomic mass is 9.89. The number of aliphatic carboxylic acids is 1. The number of amides is 8. The summed E-state index contributed by atoms with van der Waals surface area (Å²) in [5.41, 5.74) is 2.79. The fourth-order valence-electron chi connectivity index (χ4n) is 16.5. The van der Waals surface area contributed by atoms with Crippen molar-refractivity contribution < 1.29 is 162 Å². The van der Waals surface area contributed by atoms with E-state index in [1.165, 1.54) is 30.3 Å². The van der Waals surface area contributed by atoms with Gasteiger partial charge in [0.25, 0.3) is 0 Å². The van der Waals surface area contributed by atoms with Crippen LogP contribution in [-0.4, -0.2) is 254 Å². The van der Waals surface area contributed by atoms with Gasteiger partial charge in [0, 0.05) is 48.6 Å². The maximum Gasteiger partial charge on any atom is 0.330 e. The minimum atomic E-state index is -2.59. The third kappa shape index (κ3) is 20.7. The number of carbonyl (C=O) groups is 9. The number of carboxylic acid groups (broad SMARTS) is 1. The van der Waals surface area contributed by atoms with Crippen LogP contribution in [0.15, 0.2) is 115 Å². The average Bonchev–Trinajstić information content (AvgIpc) is 0.748. The van der Waals surface area contributed by atoms with E-state index in [-0.39, 0.29) is 39.8 Å². The molecule has 0 radical (unpaired) electrons. The van der Waals surface area contributed by atoms with E-state index in [9.17, 15) is 95.8 Å². The van der Waals surface area contributed by atoms with Gasteiger partial charge in [-0.1, -0.05) is 87.0 Å². The molecule has 0 aliphatic carbocycles. The summed E-state index contributed by atoms with van der Waals surface area (Å²) < 4.78 is 57.5. The highest BCUT2D eigenvalue weighted by Gasteiger charge is 2.52. The Morgan fingerprint density at radius 3 is 1.68 bits per heavy atom. The molecule has 1 unspecified atom stereocenters. The first-order valence-corrected chi connectivity index (χ1v) is 42.7. The SMILES string of the molecule is CC(=O)NC1[C@@H](O[C@H]2c3ccc(c(Cl)c3)Oc3cc4cc(c3O[C@H]3O[C@H](CO)[C@@H](O)[C@H](O)[C@H]3NC(=O)CCCCCCC(C)C)Oc3ccc(cc3Cl)C[C@@H]3NC(=O)[C@@H](N)c5ccc(O)c(c5)Oc5cc(O)cc(c5)[C@@H](NC3=O)C(=O)N[C@@H]4C(=O)N[C@@H]3C(=O)N[C@H]2C(=O)N[C@@H](C(=O)O)c2cc(O)cc(O[C@@H]4O[C@@H](CO)[C@H](O)[C@@H](O)[C@H]4O)c2-c2cc3ccc2O)O[C@@H](CO)[C@H](O)[C@H]1O. The highest BCUT2D eigenvalue weighted by molar-refractivity contribution is 6.32. The molecule has 0 saturated carbocycles. The van der Waals surface area contributed by atoms with Crippen LogP contribution in [-0.2, 0) is 68.5 Å². The minimum absolute atomic E-state index is 0.0267. The molecule has 3 saturated heterocycles. The lowest BCUT2D eigenvalue weighted by Gasteiger charge is -2.44. The fourth-order valence-corrected chi connectivity index (χ4v) is 16.9. The number of aliphatic hydroxyl groups is 10. The van der Waals surface area contributed by atoms with E-state index in [1.807, 2.05) is 0 Å². The zero-order chi connectivity index (χ0) is 94.9. The summed E-state index contributed by atoms with van der Waals surface area (Å²) in [6.07, 6.45) is -25.9. The van der Waals surface area contributed by atoms with Crippen LogP contribution in [0.1, 0.15) is 135 Å². The van der Waals surface area contributed by atoms with Gasteiger partial charge in [0.05, 0.1) is 29.9 Å². The molecular formula is C88H97Cl2N9O33. The lowest BCUT2D eigenvalue weighted by molar-refractivity contribution is -0.284. The van der Waals surface area contributed by atoms with Crippen molar-refractivity contribution >= 4 is 76.4 Å². The Morgan fingerprint density at radius 1 is 0.500 bits per heavy atom. The van der Waals surface area contributed by atoms with Gasteiger partial charge in [-0.3, -0.25) is 38.4 Å². The number of ether oxygens (including phenoxy) is 9. The highest BCUT2D eigenvalue weighted by Crippen LogP contribution is 2.51. The van der Waals surface area contributed by atoms with Gasteiger partial charge in [0.2, 0.25) is 65.6 Å². The lowest BCUT2D eigenvalue weighted by Crippen LogP contribution is -2.65. The van der Waals surface area contributed by atoms with Crippen molar-refractivity contribution in [1.82, 2.24) is 42.5 Å². The van der Waals surface area contributed by atoms with Crippen molar-refractivity contribution in [2.75, 3.05) is 19.8 Å². The maximum atomic E-state index is 17.0. The predicted octanol–water partition coefficient (Wildman–Crippen LogP) is 1.02. The minimum Gasteiger partial charge on any atom is -0.508 e. The number of phenols is 4. The van der Waals surface area contributed by atoms with Crippen molar-refractivity contribution in [2.24, 2.45) is 11.7 Å². The molecular weight excluding hydrogens is 1780 g/mol. The molecule has 706 valence electrons. The van der Waals surface area contributed by atoms with Crippen LogP contribution in [0, 0.1) is 5.92 Å². The Bertz CT molecular complexity index is 5560. The number of unbranched alkanes of at least 4 members (excludes halogenated alkanes) is 3. The molecule has 132 heavy (non-hydrogen) atoms. The number of rotatable bonds is 19. The summed E-state index contributed by atoms with van der Waals surface area (Å²) in [5.74, 6) is -19.2. The Kier molecular flexibility index (Phi) is 29.5. The second-order valence-electron chi connectivity index (χ2n) is 33.2. The third-order valence-electron chi connectivity index (χ3n) is 23.4. The Morgan fingerprint density at radius 2 is 1.05 bits per heavy atom. The van der Waals surface area contributed by atoms with Gasteiger partial charge in [-0.25, -0.2) is 4.79 Å². The van der Waals surface area contributed by atoms with E-state index in [4.69, 9.17) is 71.6 Å².